The fraction of sp³-hybridized carbons (Fsp3) is 0.0769. The van der Waals surface area contributed by atoms with Crippen molar-refractivity contribution >= 4 is 23.1 Å². The molecule has 3 nitrogen and oxygen atoms in total. The number of rotatable bonds is 2. The van der Waals surface area contributed by atoms with Crippen molar-refractivity contribution in [1.82, 2.24) is 4.90 Å². The molecule has 0 saturated heterocycles. The summed E-state index contributed by atoms with van der Waals surface area (Å²) < 4.78 is 0. The second-order valence-electron chi connectivity index (χ2n) is 3.48. The van der Waals surface area contributed by atoms with Crippen molar-refractivity contribution in [3.05, 3.63) is 48.0 Å². The molecule has 79 valence electrons. The molecule has 0 heterocycles. The molecule has 0 aliphatic heterocycles. The molecule has 0 fully saturated rings. The lowest BCUT2D eigenvalue weighted by molar-refractivity contribution is 0.0870. The van der Waals surface area contributed by atoms with Gasteiger partial charge in [0.1, 0.15) is 0 Å². The van der Waals surface area contributed by atoms with Crippen LogP contribution in [-0.2, 0) is 4.79 Å². The molecule has 2 aromatic rings. The van der Waals surface area contributed by atoms with Gasteiger partial charge in [-0.1, -0.05) is 36.4 Å². The zero-order valence-electron chi connectivity index (χ0n) is 8.81. The van der Waals surface area contributed by atoms with Crippen molar-refractivity contribution in [2.45, 2.75) is 0 Å². The first kappa shape index (κ1) is 10.4. The van der Waals surface area contributed by atoms with Crippen molar-refractivity contribution in [2.24, 2.45) is 0 Å². The Morgan fingerprint density at radius 1 is 1.12 bits per heavy atom. The van der Waals surface area contributed by atoms with E-state index in [4.69, 9.17) is 0 Å². The van der Waals surface area contributed by atoms with Crippen LogP contribution < -0.4 is 0 Å². The molecule has 0 saturated carbocycles. The van der Waals surface area contributed by atoms with E-state index in [0.29, 0.717) is 5.56 Å². The summed E-state index contributed by atoms with van der Waals surface area (Å²) in [6, 6.07) is 13.0. The van der Waals surface area contributed by atoms with Gasteiger partial charge in [0.05, 0.1) is 0 Å². The van der Waals surface area contributed by atoms with Crippen LogP contribution in [0.5, 0.6) is 0 Å². The summed E-state index contributed by atoms with van der Waals surface area (Å²) in [7, 11) is 1.40. The van der Waals surface area contributed by atoms with Gasteiger partial charge in [0, 0.05) is 12.6 Å². The Labute approximate surface area is 93.3 Å². The Bertz CT molecular complexity index is 543. The summed E-state index contributed by atoms with van der Waals surface area (Å²) in [6.07, 6.45) is 1.56. The van der Waals surface area contributed by atoms with Crippen molar-refractivity contribution < 1.29 is 9.59 Å². The first-order chi connectivity index (χ1) is 7.74. The van der Waals surface area contributed by atoms with Crippen LogP contribution in [0.25, 0.3) is 10.8 Å². The Morgan fingerprint density at radius 2 is 1.81 bits per heavy atom. The number of hydrogen-bond donors (Lipinski definition) is 0. The van der Waals surface area contributed by atoms with E-state index in [9.17, 15) is 9.59 Å². The van der Waals surface area contributed by atoms with Crippen LogP contribution in [0.2, 0.25) is 0 Å². The van der Waals surface area contributed by atoms with E-state index >= 15 is 0 Å². The highest BCUT2D eigenvalue weighted by atomic mass is 16.2. The maximum atomic E-state index is 11.9. The number of fused-ring (bicyclic) bond motifs is 1. The first-order valence-electron chi connectivity index (χ1n) is 4.87. The second-order valence-corrected chi connectivity index (χ2v) is 3.48. The van der Waals surface area contributed by atoms with E-state index < -0.39 is 0 Å². The highest BCUT2D eigenvalue weighted by Gasteiger charge is 2.13. The third-order valence-electron chi connectivity index (χ3n) is 2.46. The number of hydrogen-bond acceptors (Lipinski definition) is 2. The van der Waals surface area contributed by atoms with Crippen LogP contribution in [0.3, 0.4) is 0 Å². The Morgan fingerprint density at radius 3 is 2.56 bits per heavy atom. The van der Waals surface area contributed by atoms with E-state index in [1.165, 1.54) is 7.05 Å². The lowest BCUT2D eigenvalue weighted by atomic mass is 10.0. The third-order valence-corrected chi connectivity index (χ3v) is 2.46. The number of nitrogens with zero attached hydrogens (tertiary/aromatic N) is 1. The quantitative estimate of drug-likeness (QED) is 0.714. The summed E-state index contributed by atoms with van der Waals surface area (Å²) >= 11 is 0. The van der Waals surface area contributed by atoms with Crippen molar-refractivity contribution in [1.29, 1.82) is 0 Å². The van der Waals surface area contributed by atoms with Crippen LogP contribution in [0.15, 0.2) is 42.5 Å². The summed E-state index contributed by atoms with van der Waals surface area (Å²) in [4.78, 5) is 23.2. The van der Waals surface area contributed by atoms with E-state index in [-0.39, 0.29) is 5.91 Å². The molecule has 1 radical (unpaired) electrons. The highest BCUT2D eigenvalue weighted by Crippen LogP contribution is 2.19. The van der Waals surface area contributed by atoms with Gasteiger partial charge >= 0.3 is 6.41 Å². The largest absolute Gasteiger partial charge is 0.319 e. The predicted octanol–water partition coefficient (Wildman–Crippen LogP) is 1.98. The van der Waals surface area contributed by atoms with Gasteiger partial charge < -0.3 is 0 Å². The fourth-order valence-corrected chi connectivity index (χ4v) is 1.63. The lowest BCUT2D eigenvalue weighted by Gasteiger charge is -2.09. The number of carbonyl (C=O) groups excluding carboxylic acids is 2. The summed E-state index contributed by atoms with van der Waals surface area (Å²) in [5, 5.41) is 1.82. The number of carbonyl (C=O) groups is 1. The summed E-state index contributed by atoms with van der Waals surface area (Å²) in [6.45, 7) is 0. The molecular weight excluding hydrogens is 202 g/mol. The van der Waals surface area contributed by atoms with Crippen LogP contribution in [0, 0.1) is 0 Å². The van der Waals surface area contributed by atoms with Gasteiger partial charge in [0.15, 0.2) is 0 Å². The predicted molar refractivity (Wildman–Crippen MR) is 61.7 cm³/mol. The molecule has 0 aromatic heterocycles. The van der Waals surface area contributed by atoms with Gasteiger partial charge in [0.2, 0.25) is 0 Å². The second kappa shape index (κ2) is 4.14. The Kier molecular flexibility index (Phi) is 2.68. The average Bonchev–Trinajstić information content (AvgIpc) is 2.36. The Balaban J connectivity index is 2.60. The molecular formula is C13H10NO2. The van der Waals surface area contributed by atoms with E-state index in [1.807, 2.05) is 30.3 Å². The van der Waals surface area contributed by atoms with Gasteiger partial charge in [-0.2, -0.15) is 0 Å². The fourth-order valence-electron chi connectivity index (χ4n) is 1.63. The summed E-state index contributed by atoms with van der Waals surface area (Å²) in [5.41, 5.74) is 0.518. The first-order valence-corrected chi connectivity index (χ1v) is 4.87. The minimum Gasteiger partial charge on any atom is -0.273 e. The Hall–Kier alpha value is -2.16. The smallest absolute Gasteiger partial charge is 0.273 e. The molecule has 3 heteroatoms. The molecule has 2 amide bonds. The van der Waals surface area contributed by atoms with E-state index in [0.717, 1.165) is 15.7 Å². The van der Waals surface area contributed by atoms with E-state index in [1.54, 1.807) is 18.5 Å². The highest BCUT2D eigenvalue weighted by molar-refractivity contribution is 6.09. The van der Waals surface area contributed by atoms with Crippen molar-refractivity contribution in [2.75, 3.05) is 7.05 Å². The standard InChI is InChI=1S/C13H10NO2/c1-14(9-15)13(16)12-8-4-6-10-5-2-3-7-11(10)12/h2-8H,1H3. The van der Waals surface area contributed by atoms with Crippen LogP contribution in [-0.4, -0.2) is 24.3 Å². The van der Waals surface area contributed by atoms with Gasteiger partial charge in [-0.25, -0.2) is 0 Å². The van der Waals surface area contributed by atoms with E-state index in [2.05, 4.69) is 0 Å². The minimum atomic E-state index is -0.341. The van der Waals surface area contributed by atoms with Crippen LogP contribution in [0.1, 0.15) is 10.4 Å². The molecule has 0 unspecified atom stereocenters. The molecule has 2 aromatic carbocycles. The van der Waals surface area contributed by atoms with Crippen LogP contribution >= 0.6 is 0 Å². The molecule has 0 aliphatic carbocycles. The topological polar surface area (TPSA) is 37.4 Å². The van der Waals surface area contributed by atoms with Gasteiger partial charge in [-0.15, -0.1) is 0 Å². The molecule has 0 N–H and O–H groups in total. The molecule has 0 spiro atoms. The number of amides is 2. The van der Waals surface area contributed by atoms with Gasteiger partial charge in [-0.3, -0.25) is 14.5 Å². The maximum absolute atomic E-state index is 11.9. The summed E-state index contributed by atoms with van der Waals surface area (Å²) in [5.74, 6) is -0.341. The molecule has 0 atom stereocenters. The third kappa shape index (κ3) is 1.67. The monoisotopic (exact) mass is 212 g/mol. The van der Waals surface area contributed by atoms with Gasteiger partial charge in [0.25, 0.3) is 5.91 Å². The number of benzene rings is 2. The maximum Gasteiger partial charge on any atom is 0.319 e. The molecule has 0 bridgehead atoms. The molecule has 16 heavy (non-hydrogen) atoms. The zero-order chi connectivity index (χ0) is 11.5. The molecule has 0 aliphatic rings. The normalized spacial score (nSPS) is 10.1. The SMILES string of the molecule is CN([C]=O)C(=O)c1cccc2ccccc12. The molecule has 2 rings (SSSR count). The average molecular weight is 212 g/mol. The van der Waals surface area contributed by atoms with Crippen molar-refractivity contribution in [3.8, 4) is 0 Å². The minimum absolute atomic E-state index is 0.341. The zero-order valence-corrected chi connectivity index (χ0v) is 8.81. The van der Waals surface area contributed by atoms with Crippen molar-refractivity contribution in [3.63, 3.8) is 0 Å². The van der Waals surface area contributed by atoms with Gasteiger partial charge in [-0.05, 0) is 16.8 Å². The lowest BCUT2D eigenvalue weighted by Crippen LogP contribution is -2.24. The number of imide groups is 1. The van der Waals surface area contributed by atoms with Crippen LogP contribution in [0.4, 0.5) is 0 Å².